The summed E-state index contributed by atoms with van der Waals surface area (Å²) in [6, 6.07) is 12.8. The SMILES string of the molecule is O=C(CCc1ccc(F)cc1)N1CCC(Cn2ncc3cc(-c4cn[nH]c4)ccc32)CC1. The van der Waals surface area contributed by atoms with Crippen LogP contribution in [0.1, 0.15) is 24.8 Å². The third kappa shape index (κ3) is 4.42. The molecule has 5 rings (SSSR count). The van der Waals surface area contributed by atoms with Crippen molar-refractivity contribution < 1.29 is 9.18 Å². The minimum absolute atomic E-state index is 0.184. The van der Waals surface area contributed by atoms with Gasteiger partial charge in [0, 0.05) is 43.2 Å². The van der Waals surface area contributed by atoms with E-state index >= 15 is 0 Å². The van der Waals surface area contributed by atoms with E-state index < -0.39 is 0 Å². The molecule has 4 aromatic rings. The van der Waals surface area contributed by atoms with Crippen LogP contribution < -0.4 is 0 Å². The van der Waals surface area contributed by atoms with E-state index in [9.17, 15) is 9.18 Å². The molecule has 2 aromatic heterocycles. The molecule has 1 fully saturated rings. The smallest absolute Gasteiger partial charge is 0.222 e. The van der Waals surface area contributed by atoms with Crippen LogP contribution in [0.25, 0.3) is 22.0 Å². The Bertz CT molecular complexity index is 1190. The van der Waals surface area contributed by atoms with Gasteiger partial charge >= 0.3 is 0 Å². The number of H-pyrrole nitrogens is 1. The lowest BCUT2D eigenvalue weighted by Gasteiger charge is -2.32. The third-order valence-corrected chi connectivity index (χ3v) is 6.41. The summed E-state index contributed by atoms with van der Waals surface area (Å²) < 4.78 is 15.1. The zero-order chi connectivity index (χ0) is 21.9. The molecule has 1 saturated heterocycles. The molecular weight excluding hydrogens is 405 g/mol. The first-order chi connectivity index (χ1) is 15.7. The highest BCUT2D eigenvalue weighted by Gasteiger charge is 2.23. The molecule has 0 bridgehead atoms. The molecule has 1 N–H and O–H groups in total. The number of aromatic amines is 1. The number of nitrogens with one attached hydrogen (secondary N) is 1. The molecule has 164 valence electrons. The van der Waals surface area contributed by atoms with E-state index in [1.54, 1.807) is 12.1 Å². The predicted octanol–water partition coefficient (Wildman–Crippen LogP) is 4.44. The van der Waals surface area contributed by atoms with E-state index in [-0.39, 0.29) is 11.7 Å². The van der Waals surface area contributed by atoms with Gasteiger partial charge in [-0.1, -0.05) is 18.2 Å². The molecular formula is C25H26FN5O. The van der Waals surface area contributed by atoms with Crippen LogP contribution in [0, 0.1) is 11.7 Å². The molecule has 0 atom stereocenters. The molecule has 1 aliphatic rings. The average molecular weight is 432 g/mol. The highest BCUT2D eigenvalue weighted by Crippen LogP contribution is 2.26. The minimum atomic E-state index is -0.245. The van der Waals surface area contributed by atoms with Crippen LogP contribution in [-0.4, -0.2) is 43.9 Å². The fourth-order valence-corrected chi connectivity index (χ4v) is 4.49. The lowest BCUT2D eigenvalue weighted by atomic mass is 9.96. The highest BCUT2D eigenvalue weighted by molar-refractivity contribution is 5.84. The molecule has 1 aliphatic heterocycles. The Hall–Kier alpha value is -3.48. The molecule has 32 heavy (non-hydrogen) atoms. The van der Waals surface area contributed by atoms with Crippen molar-refractivity contribution in [3.8, 4) is 11.1 Å². The first kappa shape index (κ1) is 20.4. The van der Waals surface area contributed by atoms with E-state index in [2.05, 4.69) is 38.2 Å². The number of nitrogens with zero attached hydrogens (tertiary/aromatic N) is 4. The number of amides is 1. The lowest BCUT2D eigenvalue weighted by molar-refractivity contribution is -0.132. The van der Waals surface area contributed by atoms with Gasteiger partial charge in [0.1, 0.15) is 5.82 Å². The van der Waals surface area contributed by atoms with Gasteiger partial charge in [0.15, 0.2) is 0 Å². The van der Waals surface area contributed by atoms with Crippen LogP contribution in [0.15, 0.2) is 61.1 Å². The monoisotopic (exact) mass is 431 g/mol. The second-order valence-corrected chi connectivity index (χ2v) is 8.54. The van der Waals surface area contributed by atoms with Crippen molar-refractivity contribution in [1.82, 2.24) is 24.9 Å². The Morgan fingerprint density at radius 1 is 1.06 bits per heavy atom. The second-order valence-electron chi connectivity index (χ2n) is 8.54. The molecule has 1 amide bonds. The number of rotatable bonds is 6. The Morgan fingerprint density at radius 2 is 1.88 bits per heavy atom. The van der Waals surface area contributed by atoms with E-state index in [0.717, 1.165) is 60.1 Å². The van der Waals surface area contributed by atoms with Crippen LogP contribution in [-0.2, 0) is 17.8 Å². The number of likely N-dealkylation sites (tertiary alicyclic amines) is 1. The number of carbonyl (C=O) groups excluding carboxylic acids is 1. The van der Waals surface area contributed by atoms with Crippen LogP contribution in [0.2, 0.25) is 0 Å². The van der Waals surface area contributed by atoms with Crippen LogP contribution >= 0.6 is 0 Å². The van der Waals surface area contributed by atoms with Crippen molar-refractivity contribution >= 4 is 16.8 Å². The third-order valence-electron chi connectivity index (χ3n) is 6.41. The normalized spacial score (nSPS) is 14.8. The maximum absolute atomic E-state index is 13.0. The van der Waals surface area contributed by atoms with Crippen molar-refractivity contribution in [3.63, 3.8) is 0 Å². The summed E-state index contributed by atoms with van der Waals surface area (Å²) in [6.45, 7) is 2.44. The second kappa shape index (κ2) is 8.94. The number of hydrogen-bond donors (Lipinski definition) is 1. The van der Waals surface area contributed by atoms with Crippen molar-refractivity contribution in [1.29, 1.82) is 0 Å². The van der Waals surface area contributed by atoms with Gasteiger partial charge < -0.3 is 4.90 Å². The van der Waals surface area contributed by atoms with Gasteiger partial charge in [-0.2, -0.15) is 10.2 Å². The summed E-state index contributed by atoms with van der Waals surface area (Å²) in [5.74, 6) is 0.447. The van der Waals surface area contributed by atoms with Crippen molar-refractivity contribution in [3.05, 3.63) is 72.4 Å². The van der Waals surface area contributed by atoms with Gasteiger partial charge in [0.05, 0.1) is 17.9 Å². The van der Waals surface area contributed by atoms with E-state index in [1.165, 1.54) is 12.1 Å². The van der Waals surface area contributed by atoms with E-state index in [4.69, 9.17) is 0 Å². The highest BCUT2D eigenvalue weighted by atomic mass is 19.1. The zero-order valence-corrected chi connectivity index (χ0v) is 17.9. The van der Waals surface area contributed by atoms with Gasteiger partial charge in [-0.25, -0.2) is 4.39 Å². The van der Waals surface area contributed by atoms with Crippen molar-refractivity contribution in [2.24, 2.45) is 5.92 Å². The summed E-state index contributed by atoms with van der Waals surface area (Å²) >= 11 is 0. The number of aryl methyl sites for hydroxylation is 1. The summed E-state index contributed by atoms with van der Waals surface area (Å²) in [5.41, 5.74) is 4.32. The number of hydrogen-bond acceptors (Lipinski definition) is 3. The zero-order valence-electron chi connectivity index (χ0n) is 17.9. The first-order valence-corrected chi connectivity index (χ1v) is 11.1. The lowest BCUT2D eigenvalue weighted by Crippen LogP contribution is -2.39. The fraction of sp³-hybridized carbons (Fsp3) is 0.320. The van der Waals surface area contributed by atoms with E-state index in [0.29, 0.717) is 18.8 Å². The van der Waals surface area contributed by atoms with Gasteiger partial charge in [-0.05, 0) is 60.6 Å². The largest absolute Gasteiger partial charge is 0.343 e. The molecule has 0 saturated carbocycles. The maximum atomic E-state index is 13.0. The summed E-state index contributed by atoms with van der Waals surface area (Å²) in [7, 11) is 0. The Morgan fingerprint density at radius 3 is 2.62 bits per heavy atom. The Kier molecular flexibility index (Phi) is 5.71. The first-order valence-electron chi connectivity index (χ1n) is 11.1. The number of benzene rings is 2. The number of halogens is 1. The predicted molar refractivity (Wildman–Crippen MR) is 121 cm³/mol. The van der Waals surface area contributed by atoms with E-state index in [1.807, 2.05) is 23.5 Å². The van der Waals surface area contributed by atoms with Gasteiger partial charge in [-0.3, -0.25) is 14.6 Å². The maximum Gasteiger partial charge on any atom is 0.222 e. The molecule has 7 heteroatoms. The molecule has 0 radical (unpaired) electrons. The molecule has 6 nitrogen and oxygen atoms in total. The summed E-state index contributed by atoms with van der Waals surface area (Å²) in [4.78, 5) is 14.6. The molecule has 0 unspecified atom stereocenters. The molecule has 2 aromatic carbocycles. The van der Waals surface area contributed by atoms with Crippen molar-refractivity contribution in [2.75, 3.05) is 13.1 Å². The Balaban J connectivity index is 1.15. The number of carbonyl (C=O) groups is 1. The van der Waals surface area contributed by atoms with Crippen LogP contribution in [0.3, 0.4) is 0 Å². The number of fused-ring (bicyclic) bond motifs is 1. The topological polar surface area (TPSA) is 66.8 Å². The average Bonchev–Trinajstić information content (AvgIpc) is 3.49. The minimum Gasteiger partial charge on any atom is -0.343 e. The van der Waals surface area contributed by atoms with Gasteiger partial charge in [0.2, 0.25) is 5.91 Å². The van der Waals surface area contributed by atoms with Gasteiger partial charge in [-0.15, -0.1) is 0 Å². The molecule has 0 aliphatic carbocycles. The van der Waals surface area contributed by atoms with Crippen molar-refractivity contribution in [2.45, 2.75) is 32.2 Å². The Labute approximate surface area is 186 Å². The fourth-order valence-electron chi connectivity index (χ4n) is 4.49. The van der Waals surface area contributed by atoms with Crippen LogP contribution in [0.4, 0.5) is 4.39 Å². The quantitative estimate of drug-likeness (QED) is 0.491. The summed E-state index contributed by atoms with van der Waals surface area (Å²) in [6.07, 6.45) is 8.72. The summed E-state index contributed by atoms with van der Waals surface area (Å²) in [5, 5.41) is 12.6. The number of piperidine rings is 1. The molecule has 3 heterocycles. The van der Waals surface area contributed by atoms with Gasteiger partial charge in [0.25, 0.3) is 0 Å². The molecule has 0 spiro atoms. The van der Waals surface area contributed by atoms with Crippen LogP contribution in [0.5, 0.6) is 0 Å². The number of aromatic nitrogens is 4. The standard InChI is InChI=1S/C25H26FN5O/c26-23-5-1-18(2-6-23)3-8-25(32)30-11-9-19(10-12-30)17-31-24-7-4-20(13-21(24)16-29-31)22-14-27-28-15-22/h1-2,4-7,13-16,19H,3,8-12,17H2,(H,27,28).